The van der Waals surface area contributed by atoms with Crippen molar-refractivity contribution in [2.75, 3.05) is 37.6 Å². The van der Waals surface area contributed by atoms with Crippen LogP contribution in [-0.2, 0) is 6.42 Å². The molecular weight excluding hydrogens is 534 g/mol. The summed E-state index contributed by atoms with van der Waals surface area (Å²) in [6.07, 6.45) is -1.05. The van der Waals surface area contributed by atoms with Crippen LogP contribution in [0.5, 0.6) is 0 Å². The lowest BCUT2D eigenvalue weighted by Crippen LogP contribution is -2.49. The van der Waals surface area contributed by atoms with Gasteiger partial charge in [0.25, 0.3) is 0 Å². The summed E-state index contributed by atoms with van der Waals surface area (Å²) < 4.78 is 39.8. The topological polar surface area (TPSA) is 45.6 Å². The van der Waals surface area contributed by atoms with Crippen molar-refractivity contribution in [1.29, 1.82) is 0 Å². The normalized spacial score (nSPS) is 20.1. The van der Waals surface area contributed by atoms with Crippen molar-refractivity contribution < 1.29 is 18.0 Å². The van der Waals surface area contributed by atoms with Gasteiger partial charge in [-0.25, -0.2) is 0 Å². The fourth-order valence-corrected chi connectivity index (χ4v) is 5.23. The van der Waals surface area contributed by atoms with Crippen LogP contribution in [0.15, 0.2) is 17.1 Å². The number of nitrogens with zero attached hydrogens (tertiary/aromatic N) is 3. The van der Waals surface area contributed by atoms with Crippen LogP contribution in [0.2, 0.25) is 5.02 Å². The van der Waals surface area contributed by atoms with Gasteiger partial charge in [-0.3, -0.25) is 14.5 Å². The highest BCUT2D eigenvalue weighted by Gasteiger charge is 2.34. The Kier molecular flexibility index (Phi) is 5.82. The average molecular weight is 554 g/mol. The zero-order valence-corrected chi connectivity index (χ0v) is 19.1. The number of carbonyl (C=O) groups is 1. The van der Waals surface area contributed by atoms with Crippen LogP contribution in [-0.4, -0.2) is 52.2 Å². The van der Waals surface area contributed by atoms with E-state index in [-0.39, 0.29) is 20.8 Å². The molecule has 2 aromatic rings. The van der Waals surface area contributed by atoms with Crippen LogP contribution in [0.25, 0.3) is 10.9 Å². The number of pyridine rings is 1. The number of hydrogen-bond acceptors (Lipinski definition) is 4. The number of piperazine rings is 1. The molecule has 0 saturated carbocycles. The summed E-state index contributed by atoms with van der Waals surface area (Å²) in [6, 6.07) is 1.73. The van der Waals surface area contributed by atoms with Crippen LogP contribution in [0.1, 0.15) is 35.3 Å². The van der Waals surface area contributed by atoms with E-state index in [2.05, 4.69) is 0 Å². The molecule has 3 heterocycles. The van der Waals surface area contributed by atoms with Gasteiger partial charge in [0.05, 0.1) is 28.3 Å². The molecule has 2 aliphatic rings. The van der Waals surface area contributed by atoms with Crippen LogP contribution >= 0.6 is 34.2 Å². The Morgan fingerprint density at radius 2 is 1.93 bits per heavy atom. The maximum absolute atomic E-state index is 12.9. The Hall–Kier alpha value is -1.33. The number of benzene rings is 1. The summed E-state index contributed by atoms with van der Waals surface area (Å²) in [5.74, 6) is 0. The van der Waals surface area contributed by atoms with Gasteiger partial charge in [0.2, 0.25) is 9.22 Å². The molecule has 0 spiro atoms. The molecule has 0 radical (unpaired) electrons. The minimum atomic E-state index is -4.21. The summed E-state index contributed by atoms with van der Waals surface area (Å²) in [5.41, 5.74) is 2.30. The molecule has 0 bridgehead atoms. The first-order valence-corrected chi connectivity index (χ1v) is 11.2. The molecule has 10 heteroatoms. The summed E-state index contributed by atoms with van der Waals surface area (Å²) in [4.78, 5) is 28.3. The van der Waals surface area contributed by atoms with Crippen molar-refractivity contribution in [3.05, 3.63) is 38.6 Å². The monoisotopic (exact) mass is 553 g/mol. The van der Waals surface area contributed by atoms with Crippen molar-refractivity contribution in [2.24, 2.45) is 0 Å². The summed E-state index contributed by atoms with van der Waals surface area (Å²) in [5, 5.41) is 0.821. The highest BCUT2D eigenvalue weighted by molar-refractivity contribution is 14.1. The summed E-state index contributed by atoms with van der Waals surface area (Å²) in [7, 11) is 0. The number of alkyl halides is 3. The van der Waals surface area contributed by atoms with Crippen LogP contribution in [0, 0.1) is 0 Å². The average Bonchev–Trinajstić information content (AvgIpc) is 2.65. The third-order valence-corrected chi connectivity index (χ3v) is 6.80. The molecule has 2 aliphatic heterocycles. The van der Waals surface area contributed by atoms with E-state index in [0.717, 1.165) is 23.2 Å². The van der Waals surface area contributed by atoms with Gasteiger partial charge < -0.3 is 9.47 Å². The fraction of sp³-hybridized carbons (Fsp3) is 0.500. The Balaban J connectivity index is 1.78. The number of anilines is 1. The van der Waals surface area contributed by atoms with E-state index in [0.29, 0.717) is 43.0 Å². The van der Waals surface area contributed by atoms with Gasteiger partial charge in [0, 0.05) is 72.0 Å². The van der Waals surface area contributed by atoms with Crippen molar-refractivity contribution >= 4 is 54.6 Å². The highest BCUT2D eigenvalue weighted by atomic mass is 127. The molecule has 1 unspecified atom stereocenters. The molecule has 1 aromatic heterocycles. The molecule has 30 heavy (non-hydrogen) atoms. The molecule has 1 atom stereocenters. The Morgan fingerprint density at radius 3 is 2.53 bits per heavy atom. The Labute approximate surface area is 189 Å². The van der Waals surface area contributed by atoms with E-state index < -0.39 is 12.7 Å². The van der Waals surface area contributed by atoms with Gasteiger partial charge in [-0.05, 0) is 25.8 Å². The second-order valence-corrected chi connectivity index (χ2v) is 9.29. The van der Waals surface area contributed by atoms with Gasteiger partial charge >= 0.3 is 6.18 Å². The second kappa shape index (κ2) is 7.98. The largest absolute Gasteiger partial charge is 0.401 e. The highest BCUT2D eigenvalue weighted by Crippen LogP contribution is 2.41. The number of carbonyl (C=O) groups excluding carboxylic acids is 1. The van der Waals surface area contributed by atoms with Gasteiger partial charge in [-0.2, -0.15) is 13.2 Å². The third-order valence-electron chi connectivity index (χ3n) is 5.93. The van der Waals surface area contributed by atoms with Gasteiger partial charge in [0.1, 0.15) is 0 Å². The van der Waals surface area contributed by atoms with Crippen LogP contribution in [0.3, 0.4) is 0 Å². The van der Waals surface area contributed by atoms with Crippen molar-refractivity contribution in [3.8, 4) is 0 Å². The van der Waals surface area contributed by atoms with E-state index in [1.54, 1.807) is 34.9 Å². The van der Waals surface area contributed by atoms with Gasteiger partial charge in [0.15, 0.2) is 0 Å². The number of aromatic nitrogens is 1. The van der Waals surface area contributed by atoms with Gasteiger partial charge in [-0.1, -0.05) is 11.6 Å². The minimum Gasteiger partial charge on any atom is -0.367 e. The Morgan fingerprint density at radius 1 is 1.27 bits per heavy atom. The number of aryl methyl sites for hydroxylation is 1. The molecule has 0 N–H and O–H groups in total. The maximum Gasteiger partial charge on any atom is 0.401 e. The second-order valence-electron chi connectivity index (χ2n) is 7.90. The lowest BCUT2D eigenvalue weighted by molar-refractivity contribution is -0.146. The smallest absolute Gasteiger partial charge is 0.367 e. The van der Waals surface area contributed by atoms with E-state index in [1.165, 1.54) is 4.90 Å². The maximum atomic E-state index is 12.9. The molecule has 0 amide bonds. The molecule has 1 aromatic carbocycles. The first-order chi connectivity index (χ1) is 14.1. The lowest BCUT2D eigenvalue weighted by Gasteiger charge is -2.39. The predicted octanol–water partition coefficient (Wildman–Crippen LogP) is 4.42. The standard InChI is InChI=1S/C20H20ClF3IN3O2/c1-11-2-3-12-16-13(18(29)14(19(25)30)9-28(11)16)8-15(21)17(12)27-6-4-26(5-7-27)10-20(22,23)24/h8-9,11H,2-7,10H2,1H3. The zero-order chi connectivity index (χ0) is 21.8. The number of rotatable bonds is 3. The van der Waals surface area contributed by atoms with E-state index in [4.69, 9.17) is 11.6 Å². The van der Waals surface area contributed by atoms with E-state index >= 15 is 0 Å². The first kappa shape index (κ1) is 21.9. The van der Waals surface area contributed by atoms with E-state index in [1.807, 2.05) is 16.4 Å². The van der Waals surface area contributed by atoms with E-state index in [9.17, 15) is 22.8 Å². The lowest BCUT2D eigenvalue weighted by atomic mass is 9.94. The van der Waals surface area contributed by atoms with Crippen molar-refractivity contribution in [3.63, 3.8) is 0 Å². The molecule has 5 nitrogen and oxygen atoms in total. The molecule has 4 rings (SSSR count). The molecule has 162 valence electrons. The number of halogens is 5. The minimum absolute atomic E-state index is 0.118. The fourth-order valence-electron chi connectivity index (χ4n) is 4.50. The summed E-state index contributed by atoms with van der Waals surface area (Å²) >= 11 is 8.23. The molecule has 1 fully saturated rings. The number of hydrogen-bond donors (Lipinski definition) is 0. The van der Waals surface area contributed by atoms with Crippen molar-refractivity contribution in [1.82, 2.24) is 9.47 Å². The predicted molar refractivity (Wildman–Crippen MR) is 119 cm³/mol. The molecule has 0 aliphatic carbocycles. The Bertz CT molecular complexity index is 1080. The van der Waals surface area contributed by atoms with Crippen LogP contribution in [0.4, 0.5) is 18.9 Å². The van der Waals surface area contributed by atoms with Crippen molar-refractivity contribution in [2.45, 2.75) is 32.0 Å². The summed E-state index contributed by atoms with van der Waals surface area (Å²) in [6.45, 7) is 2.57. The SMILES string of the molecule is CC1CCc2c(N3CCN(CC(F)(F)F)CC3)c(Cl)cc3c(=O)c(C(=O)I)cn1c23. The first-order valence-electron chi connectivity index (χ1n) is 9.71. The van der Waals surface area contributed by atoms with Gasteiger partial charge in [-0.15, -0.1) is 0 Å². The quantitative estimate of drug-likeness (QED) is 0.417. The van der Waals surface area contributed by atoms with Crippen LogP contribution < -0.4 is 10.3 Å². The molecular formula is C20H20ClF3IN3O2. The third kappa shape index (κ3) is 3.95. The zero-order valence-electron chi connectivity index (χ0n) is 16.2. The molecule has 1 saturated heterocycles.